The van der Waals surface area contributed by atoms with Gasteiger partial charge in [-0.2, -0.15) is 0 Å². The largest absolute Gasteiger partial charge is 0.358 e. The first-order valence-electron chi connectivity index (χ1n) is 11.0. The van der Waals surface area contributed by atoms with E-state index in [0.717, 1.165) is 11.3 Å². The van der Waals surface area contributed by atoms with Crippen molar-refractivity contribution in [2.75, 3.05) is 18.4 Å². The third-order valence-electron chi connectivity index (χ3n) is 5.55. The Bertz CT molecular complexity index is 1240. The molecule has 2 amide bonds. The normalized spacial score (nSPS) is 14.0. The van der Waals surface area contributed by atoms with Gasteiger partial charge in [0.2, 0.25) is 0 Å². The zero-order valence-electron chi connectivity index (χ0n) is 18.9. The molecule has 6 nitrogen and oxygen atoms in total. The molecule has 4 N–H and O–H groups in total. The summed E-state index contributed by atoms with van der Waals surface area (Å²) in [5, 5.41) is 9.01. The molecule has 0 unspecified atom stereocenters. The number of hydrogen-bond donors (Lipinski definition) is 4. The number of carbonyl (C=O) groups excluding carboxylic acids is 2. The van der Waals surface area contributed by atoms with E-state index in [0.29, 0.717) is 52.8 Å². The van der Waals surface area contributed by atoms with E-state index in [9.17, 15) is 14.0 Å². The van der Waals surface area contributed by atoms with Crippen LogP contribution >= 0.6 is 0 Å². The van der Waals surface area contributed by atoms with Crippen LogP contribution in [0.1, 0.15) is 41.2 Å². The summed E-state index contributed by atoms with van der Waals surface area (Å²) < 4.78 is 14.9. The Kier molecular flexibility index (Phi) is 6.42. The smallest absolute Gasteiger partial charge is 0.256 e. The molecule has 1 aliphatic rings. The standard InChI is InChI=1S/C26H27FN4O2/c1-15(2)28-12-13-29-26(33)23-16(3)30-22(24(23)18-9-4-6-10-20(18)27)14-19-17-8-5-7-11-21(17)31-25(19)32/h4-11,14-15,28,30H,12-13H2,1-3H3,(H,29,33)(H,31,32)/b19-14-. The van der Waals surface area contributed by atoms with Crippen LogP contribution in [0, 0.1) is 12.7 Å². The zero-order chi connectivity index (χ0) is 23.5. The highest BCUT2D eigenvalue weighted by atomic mass is 19.1. The van der Waals surface area contributed by atoms with Crippen molar-refractivity contribution in [3.05, 3.63) is 76.9 Å². The van der Waals surface area contributed by atoms with Crippen molar-refractivity contribution in [3.63, 3.8) is 0 Å². The number of anilines is 1. The number of benzene rings is 2. The number of fused-ring (bicyclic) bond motifs is 1. The Morgan fingerprint density at radius 3 is 2.48 bits per heavy atom. The van der Waals surface area contributed by atoms with Crippen molar-refractivity contribution in [2.24, 2.45) is 0 Å². The maximum atomic E-state index is 14.9. The number of para-hydroxylation sites is 1. The van der Waals surface area contributed by atoms with E-state index < -0.39 is 5.82 Å². The average Bonchev–Trinajstić information content (AvgIpc) is 3.27. The van der Waals surface area contributed by atoms with E-state index in [1.807, 2.05) is 38.1 Å². The molecule has 170 valence electrons. The molecule has 0 bridgehead atoms. The number of hydrogen-bond acceptors (Lipinski definition) is 3. The second-order valence-corrected chi connectivity index (χ2v) is 8.32. The van der Waals surface area contributed by atoms with E-state index in [1.165, 1.54) is 6.07 Å². The van der Waals surface area contributed by atoms with Gasteiger partial charge in [-0.25, -0.2) is 4.39 Å². The molecule has 2 aromatic carbocycles. The number of nitrogens with one attached hydrogen (secondary N) is 4. The first kappa shape index (κ1) is 22.5. The average molecular weight is 447 g/mol. The van der Waals surface area contributed by atoms with Crippen LogP contribution in [-0.2, 0) is 4.79 Å². The minimum absolute atomic E-state index is 0.242. The molecule has 1 aliphatic heterocycles. The Labute approximate surface area is 192 Å². The second-order valence-electron chi connectivity index (χ2n) is 8.32. The Balaban J connectivity index is 1.79. The molecule has 2 heterocycles. The van der Waals surface area contributed by atoms with Crippen LogP contribution in [0.25, 0.3) is 22.8 Å². The lowest BCUT2D eigenvalue weighted by Gasteiger charge is -2.11. The molecule has 0 radical (unpaired) electrons. The van der Waals surface area contributed by atoms with Gasteiger partial charge >= 0.3 is 0 Å². The van der Waals surface area contributed by atoms with Crippen LogP contribution in [0.2, 0.25) is 0 Å². The number of aromatic amines is 1. The van der Waals surface area contributed by atoms with Crippen molar-refractivity contribution in [3.8, 4) is 11.1 Å². The molecule has 0 saturated heterocycles. The molecule has 33 heavy (non-hydrogen) atoms. The first-order chi connectivity index (χ1) is 15.9. The van der Waals surface area contributed by atoms with E-state index in [1.54, 1.807) is 31.2 Å². The van der Waals surface area contributed by atoms with E-state index in [-0.39, 0.29) is 11.8 Å². The molecule has 0 fully saturated rings. The maximum absolute atomic E-state index is 14.9. The summed E-state index contributed by atoms with van der Waals surface area (Å²) in [5.41, 5.74) is 4.14. The van der Waals surface area contributed by atoms with Gasteiger partial charge < -0.3 is 20.9 Å². The summed E-state index contributed by atoms with van der Waals surface area (Å²) in [7, 11) is 0. The molecule has 4 rings (SSSR count). The fraction of sp³-hybridized carbons (Fsp3) is 0.231. The molecule has 0 atom stereocenters. The van der Waals surface area contributed by atoms with Crippen molar-refractivity contribution in [2.45, 2.75) is 26.8 Å². The molecular weight excluding hydrogens is 419 g/mol. The number of rotatable bonds is 7. The SMILES string of the molecule is Cc1[nH]c(/C=C2\C(=O)Nc3ccccc32)c(-c2ccccc2F)c1C(=O)NCCNC(C)C. The lowest BCUT2D eigenvalue weighted by atomic mass is 9.97. The van der Waals surface area contributed by atoms with Gasteiger partial charge in [0, 0.05) is 52.9 Å². The van der Waals surface area contributed by atoms with Gasteiger partial charge in [-0.05, 0) is 25.1 Å². The predicted octanol–water partition coefficient (Wildman–Crippen LogP) is 4.35. The molecule has 3 aromatic rings. The third-order valence-corrected chi connectivity index (χ3v) is 5.55. The minimum Gasteiger partial charge on any atom is -0.358 e. The Hall–Kier alpha value is -3.71. The summed E-state index contributed by atoms with van der Waals surface area (Å²) in [4.78, 5) is 29.0. The number of amides is 2. The van der Waals surface area contributed by atoms with E-state index in [4.69, 9.17) is 0 Å². The highest BCUT2D eigenvalue weighted by molar-refractivity contribution is 6.35. The van der Waals surface area contributed by atoms with Gasteiger partial charge in [-0.1, -0.05) is 50.2 Å². The topological polar surface area (TPSA) is 86.0 Å². The summed E-state index contributed by atoms with van der Waals surface area (Å²) in [5.74, 6) is -0.981. The lowest BCUT2D eigenvalue weighted by molar-refractivity contribution is -0.110. The van der Waals surface area contributed by atoms with Gasteiger partial charge in [0.05, 0.1) is 11.1 Å². The fourth-order valence-electron chi connectivity index (χ4n) is 4.04. The minimum atomic E-state index is -0.442. The highest BCUT2D eigenvalue weighted by Gasteiger charge is 2.27. The van der Waals surface area contributed by atoms with E-state index >= 15 is 0 Å². The van der Waals surface area contributed by atoms with Crippen LogP contribution in [0.3, 0.4) is 0 Å². The van der Waals surface area contributed by atoms with Crippen molar-refractivity contribution < 1.29 is 14.0 Å². The van der Waals surface area contributed by atoms with Crippen LogP contribution < -0.4 is 16.0 Å². The second kappa shape index (κ2) is 9.42. The number of aryl methyl sites for hydroxylation is 1. The van der Waals surface area contributed by atoms with Crippen molar-refractivity contribution in [1.29, 1.82) is 0 Å². The lowest BCUT2D eigenvalue weighted by Crippen LogP contribution is -2.34. The first-order valence-corrected chi connectivity index (χ1v) is 11.0. The third kappa shape index (κ3) is 4.59. The quantitative estimate of drug-likeness (QED) is 0.322. The number of aromatic nitrogens is 1. The monoisotopic (exact) mass is 446 g/mol. The van der Waals surface area contributed by atoms with Gasteiger partial charge in [0.15, 0.2) is 0 Å². The van der Waals surface area contributed by atoms with Crippen LogP contribution in [0.4, 0.5) is 10.1 Å². The summed E-state index contributed by atoms with van der Waals surface area (Å²) in [6.45, 7) is 6.90. The molecule has 0 aliphatic carbocycles. The molecular formula is C26H27FN4O2. The van der Waals surface area contributed by atoms with Gasteiger partial charge in [0.1, 0.15) is 5.82 Å². The van der Waals surface area contributed by atoms with Gasteiger partial charge in [-0.15, -0.1) is 0 Å². The molecule has 1 aromatic heterocycles. The zero-order valence-corrected chi connectivity index (χ0v) is 18.9. The Morgan fingerprint density at radius 1 is 1.06 bits per heavy atom. The molecule has 7 heteroatoms. The Morgan fingerprint density at radius 2 is 1.76 bits per heavy atom. The van der Waals surface area contributed by atoms with Gasteiger partial charge in [0.25, 0.3) is 11.8 Å². The summed E-state index contributed by atoms with van der Waals surface area (Å²) >= 11 is 0. The van der Waals surface area contributed by atoms with E-state index in [2.05, 4.69) is 20.9 Å². The number of carbonyl (C=O) groups is 2. The molecule has 0 spiro atoms. The van der Waals surface area contributed by atoms with Gasteiger partial charge in [-0.3, -0.25) is 9.59 Å². The predicted molar refractivity (Wildman–Crippen MR) is 129 cm³/mol. The van der Waals surface area contributed by atoms with Crippen molar-refractivity contribution >= 4 is 29.2 Å². The number of halogens is 1. The fourth-order valence-corrected chi connectivity index (χ4v) is 4.04. The summed E-state index contributed by atoms with van der Waals surface area (Å²) in [6, 6.07) is 14.0. The highest BCUT2D eigenvalue weighted by Crippen LogP contribution is 2.37. The number of H-pyrrole nitrogens is 1. The van der Waals surface area contributed by atoms with Crippen molar-refractivity contribution in [1.82, 2.24) is 15.6 Å². The summed E-state index contributed by atoms with van der Waals surface area (Å²) in [6.07, 6.45) is 1.69. The van der Waals surface area contributed by atoms with Crippen LogP contribution in [0.5, 0.6) is 0 Å². The maximum Gasteiger partial charge on any atom is 0.256 e. The van der Waals surface area contributed by atoms with Crippen LogP contribution in [-0.4, -0.2) is 35.9 Å². The van der Waals surface area contributed by atoms with Crippen LogP contribution in [0.15, 0.2) is 48.5 Å². The molecule has 0 saturated carbocycles.